The zero-order valence-corrected chi connectivity index (χ0v) is 12.6. The van der Waals surface area contributed by atoms with Gasteiger partial charge in [-0.15, -0.1) is 0 Å². The van der Waals surface area contributed by atoms with Crippen molar-refractivity contribution in [3.8, 4) is 0 Å². The Morgan fingerprint density at radius 3 is 2.95 bits per heavy atom. The van der Waals surface area contributed by atoms with Crippen LogP contribution in [-0.2, 0) is 11.3 Å². The average molecular weight is 290 g/mol. The molecule has 0 aromatic carbocycles. The lowest BCUT2D eigenvalue weighted by atomic mass is 9.95. The Morgan fingerprint density at radius 2 is 2.33 bits per heavy atom. The highest BCUT2D eigenvalue weighted by Crippen LogP contribution is 2.29. The molecule has 2 aliphatic rings. The molecule has 1 aromatic rings. The summed E-state index contributed by atoms with van der Waals surface area (Å²) in [5, 5.41) is 0. The normalized spacial score (nSPS) is 26.4. The Hall–Kier alpha value is -1.26. The van der Waals surface area contributed by atoms with Crippen LogP contribution in [0.5, 0.6) is 0 Å². The van der Waals surface area contributed by atoms with Gasteiger partial charge in [0, 0.05) is 32.2 Å². The van der Waals surface area contributed by atoms with Crippen LogP contribution in [0.25, 0.3) is 5.57 Å². The molecule has 2 fully saturated rings. The molecule has 114 valence electrons. The van der Waals surface area contributed by atoms with Crippen molar-refractivity contribution in [2.45, 2.75) is 38.4 Å². The molecule has 21 heavy (non-hydrogen) atoms. The van der Waals surface area contributed by atoms with Gasteiger partial charge in [-0.05, 0) is 37.0 Å². The first-order valence-corrected chi connectivity index (χ1v) is 7.73. The number of rotatable bonds is 4. The second-order valence-electron chi connectivity index (χ2n) is 6.19. The summed E-state index contributed by atoms with van der Waals surface area (Å²) in [7, 11) is 0. The number of hydrogen-bond donors (Lipinski definition) is 0. The second-order valence-corrected chi connectivity index (χ2v) is 6.19. The summed E-state index contributed by atoms with van der Waals surface area (Å²) >= 11 is 0. The molecule has 2 saturated heterocycles. The summed E-state index contributed by atoms with van der Waals surface area (Å²) in [6.07, 6.45) is 1.00. The van der Waals surface area contributed by atoms with E-state index in [9.17, 15) is 4.39 Å². The van der Waals surface area contributed by atoms with Gasteiger partial charge in [-0.25, -0.2) is 4.39 Å². The van der Waals surface area contributed by atoms with Crippen LogP contribution in [-0.4, -0.2) is 42.4 Å². The number of allylic oxidation sites excluding steroid dienone is 1. The Morgan fingerprint density at radius 1 is 1.48 bits per heavy atom. The van der Waals surface area contributed by atoms with Gasteiger partial charge in [0.2, 0.25) is 0 Å². The van der Waals surface area contributed by atoms with E-state index in [1.807, 2.05) is 13.0 Å². The van der Waals surface area contributed by atoms with Gasteiger partial charge >= 0.3 is 0 Å². The van der Waals surface area contributed by atoms with E-state index in [4.69, 9.17) is 9.72 Å². The molecule has 1 aromatic heterocycles. The maximum atomic E-state index is 13.4. The first-order valence-electron chi connectivity index (χ1n) is 7.73. The highest BCUT2D eigenvalue weighted by atomic mass is 19.1. The number of nitrogens with zero attached hydrogens (tertiary/aromatic N) is 2. The van der Waals surface area contributed by atoms with E-state index in [0.29, 0.717) is 18.9 Å². The maximum absolute atomic E-state index is 13.4. The zero-order chi connectivity index (χ0) is 14.8. The van der Waals surface area contributed by atoms with Crippen LogP contribution in [0, 0.1) is 0 Å². The molecular formula is C17H23FN2O. The van der Waals surface area contributed by atoms with Crippen molar-refractivity contribution in [3.63, 3.8) is 0 Å². The first kappa shape index (κ1) is 14.7. The molecule has 4 heteroatoms. The number of hydrogen-bond acceptors (Lipinski definition) is 3. The van der Waals surface area contributed by atoms with Crippen molar-refractivity contribution in [1.82, 2.24) is 9.88 Å². The number of ether oxygens (including phenoxy) is 1. The summed E-state index contributed by atoms with van der Waals surface area (Å²) in [6.45, 7) is 9.62. The number of alkyl halides is 1. The Labute approximate surface area is 125 Å². The van der Waals surface area contributed by atoms with Gasteiger partial charge in [0.05, 0.1) is 18.0 Å². The molecule has 2 aliphatic heterocycles. The van der Waals surface area contributed by atoms with E-state index in [2.05, 4.69) is 17.5 Å². The molecule has 2 atom stereocenters. The fraction of sp³-hybridized carbons (Fsp3) is 0.588. The molecule has 0 spiro atoms. The number of pyridine rings is 1. The van der Waals surface area contributed by atoms with Crippen molar-refractivity contribution in [1.29, 1.82) is 0 Å². The molecule has 0 amide bonds. The van der Waals surface area contributed by atoms with Gasteiger partial charge in [-0.3, -0.25) is 9.88 Å². The van der Waals surface area contributed by atoms with E-state index in [1.165, 1.54) is 5.56 Å². The Bertz CT molecular complexity index is 526. The molecule has 3 rings (SSSR count). The lowest BCUT2D eigenvalue weighted by Crippen LogP contribution is -2.23. The van der Waals surface area contributed by atoms with E-state index in [1.54, 1.807) is 0 Å². The predicted molar refractivity (Wildman–Crippen MR) is 81.9 cm³/mol. The smallest absolute Gasteiger partial charge is 0.114 e. The van der Waals surface area contributed by atoms with Crippen LogP contribution in [0.4, 0.5) is 4.39 Å². The minimum Gasteiger partial charge on any atom is -0.381 e. The van der Waals surface area contributed by atoms with Crippen molar-refractivity contribution in [3.05, 3.63) is 35.7 Å². The van der Waals surface area contributed by atoms with Gasteiger partial charge in [0.1, 0.15) is 6.17 Å². The van der Waals surface area contributed by atoms with Gasteiger partial charge in [-0.1, -0.05) is 12.6 Å². The third-order valence-electron chi connectivity index (χ3n) is 4.40. The minimum atomic E-state index is -0.687. The molecule has 0 bridgehead atoms. The van der Waals surface area contributed by atoms with Crippen LogP contribution in [0.2, 0.25) is 0 Å². The Kier molecular flexibility index (Phi) is 4.36. The first-order chi connectivity index (χ1) is 10.1. The fourth-order valence-electron chi connectivity index (χ4n) is 3.17. The third-order valence-corrected chi connectivity index (χ3v) is 4.40. The molecular weight excluding hydrogens is 267 g/mol. The van der Waals surface area contributed by atoms with E-state index >= 15 is 0 Å². The Balaban J connectivity index is 1.86. The molecule has 3 nitrogen and oxygen atoms in total. The molecule has 0 saturated carbocycles. The van der Waals surface area contributed by atoms with Gasteiger partial charge in [0.15, 0.2) is 0 Å². The van der Waals surface area contributed by atoms with Gasteiger partial charge in [-0.2, -0.15) is 0 Å². The van der Waals surface area contributed by atoms with Gasteiger partial charge < -0.3 is 4.74 Å². The third kappa shape index (κ3) is 3.33. The van der Waals surface area contributed by atoms with E-state index < -0.39 is 6.17 Å². The fourth-order valence-corrected chi connectivity index (χ4v) is 3.17. The average Bonchev–Trinajstić information content (AvgIpc) is 3.10. The number of aromatic nitrogens is 1. The lowest BCUT2D eigenvalue weighted by molar-refractivity contribution is 0.193. The SMILES string of the molecule is C=C(C)c1ccc([C@H]2CCOC2)c(CN2CC[C@@H](F)C2)n1. The molecule has 0 radical (unpaired) electrons. The summed E-state index contributed by atoms with van der Waals surface area (Å²) in [6, 6.07) is 4.20. The van der Waals surface area contributed by atoms with Crippen LogP contribution in [0.1, 0.15) is 42.6 Å². The highest BCUT2D eigenvalue weighted by molar-refractivity contribution is 5.58. The minimum absolute atomic E-state index is 0.426. The topological polar surface area (TPSA) is 25.4 Å². The maximum Gasteiger partial charge on any atom is 0.114 e. The predicted octanol–water partition coefficient (Wildman–Crippen LogP) is 3.16. The van der Waals surface area contributed by atoms with Crippen LogP contribution in [0.15, 0.2) is 18.7 Å². The van der Waals surface area contributed by atoms with Crippen molar-refractivity contribution >= 4 is 5.57 Å². The van der Waals surface area contributed by atoms with E-state index in [-0.39, 0.29) is 0 Å². The zero-order valence-electron chi connectivity index (χ0n) is 12.6. The summed E-state index contributed by atoms with van der Waals surface area (Å²) in [4.78, 5) is 6.95. The number of halogens is 1. The second kappa shape index (κ2) is 6.24. The van der Waals surface area contributed by atoms with E-state index in [0.717, 1.165) is 49.7 Å². The monoisotopic (exact) mass is 290 g/mol. The summed E-state index contributed by atoms with van der Waals surface area (Å²) in [5.41, 5.74) is 4.24. The van der Waals surface area contributed by atoms with Crippen molar-refractivity contribution < 1.29 is 9.13 Å². The van der Waals surface area contributed by atoms with Gasteiger partial charge in [0.25, 0.3) is 0 Å². The number of likely N-dealkylation sites (tertiary alicyclic amines) is 1. The standard InChI is InChI=1S/C17H23FN2O/c1-12(2)16-4-3-15(13-6-8-21-11-13)17(19-16)10-20-7-5-14(18)9-20/h3-4,13-14H,1,5-11H2,2H3/t13-,14+/m0/s1. The van der Waals surface area contributed by atoms with Crippen LogP contribution in [0.3, 0.4) is 0 Å². The molecule has 3 heterocycles. The molecule has 0 unspecified atom stereocenters. The molecule has 0 N–H and O–H groups in total. The lowest BCUT2D eigenvalue weighted by Gasteiger charge is -2.20. The molecule has 0 aliphatic carbocycles. The van der Waals surface area contributed by atoms with Crippen LogP contribution >= 0.6 is 0 Å². The highest BCUT2D eigenvalue weighted by Gasteiger charge is 2.26. The van der Waals surface area contributed by atoms with Crippen LogP contribution < -0.4 is 0 Å². The summed E-state index contributed by atoms with van der Waals surface area (Å²) in [5.74, 6) is 0.426. The quantitative estimate of drug-likeness (QED) is 0.851. The summed E-state index contributed by atoms with van der Waals surface area (Å²) < 4.78 is 18.9. The van der Waals surface area contributed by atoms with Crippen molar-refractivity contribution in [2.24, 2.45) is 0 Å². The van der Waals surface area contributed by atoms with Crippen molar-refractivity contribution in [2.75, 3.05) is 26.3 Å². The largest absolute Gasteiger partial charge is 0.381 e.